The van der Waals surface area contributed by atoms with Gasteiger partial charge in [-0.2, -0.15) is 0 Å². The van der Waals surface area contributed by atoms with Crippen molar-refractivity contribution in [2.75, 3.05) is 13.2 Å². The monoisotopic (exact) mass is 299 g/mol. The lowest BCUT2D eigenvalue weighted by Gasteiger charge is -2.14. The Bertz CT molecular complexity index is 555. The second-order valence-corrected chi connectivity index (χ2v) is 5.30. The van der Waals surface area contributed by atoms with Gasteiger partial charge in [0.25, 0.3) is 0 Å². The van der Waals surface area contributed by atoms with Gasteiger partial charge in [-0.1, -0.05) is 32.8 Å². The first-order valence-corrected chi connectivity index (χ1v) is 8.15. The Labute approximate surface area is 133 Å². The average Bonchev–Trinajstić information content (AvgIpc) is 2.57. The van der Waals surface area contributed by atoms with Crippen LogP contribution in [0, 0.1) is 0 Å². The summed E-state index contributed by atoms with van der Waals surface area (Å²) in [6.45, 7) is 5.81. The topological polar surface area (TPSA) is 31.4 Å². The number of unbranched alkanes of at least 4 members (excludes halogenated alkanes) is 2. The van der Waals surface area contributed by atoms with Crippen LogP contribution in [0.25, 0.3) is 11.1 Å². The third kappa shape index (κ3) is 4.76. The maximum atomic E-state index is 5.93. The summed E-state index contributed by atoms with van der Waals surface area (Å²) in [6, 6.07) is 10.0. The highest BCUT2D eigenvalue weighted by atomic mass is 16.5. The van der Waals surface area contributed by atoms with Gasteiger partial charge in [-0.15, -0.1) is 0 Å². The van der Waals surface area contributed by atoms with Crippen LogP contribution in [0.1, 0.15) is 39.5 Å². The molecule has 0 saturated heterocycles. The van der Waals surface area contributed by atoms with E-state index in [2.05, 4.69) is 18.8 Å². The maximum absolute atomic E-state index is 5.93. The summed E-state index contributed by atoms with van der Waals surface area (Å²) < 4.78 is 11.7. The molecule has 0 bridgehead atoms. The van der Waals surface area contributed by atoms with E-state index in [1.807, 2.05) is 36.5 Å². The van der Waals surface area contributed by atoms with Gasteiger partial charge in [-0.05, 0) is 37.1 Å². The minimum absolute atomic E-state index is 0.736. The molecule has 0 aliphatic rings. The van der Waals surface area contributed by atoms with E-state index in [0.717, 1.165) is 61.5 Å². The van der Waals surface area contributed by atoms with E-state index in [4.69, 9.17) is 9.47 Å². The van der Waals surface area contributed by atoms with Crippen LogP contribution >= 0.6 is 0 Å². The van der Waals surface area contributed by atoms with Crippen LogP contribution in [0.3, 0.4) is 0 Å². The van der Waals surface area contributed by atoms with Crippen molar-refractivity contribution in [3.63, 3.8) is 0 Å². The third-order valence-corrected chi connectivity index (χ3v) is 3.45. The predicted molar refractivity (Wildman–Crippen MR) is 90.5 cm³/mol. The van der Waals surface area contributed by atoms with Crippen molar-refractivity contribution in [1.82, 2.24) is 4.98 Å². The Morgan fingerprint density at radius 2 is 1.73 bits per heavy atom. The molecule has 0 fully saturated rings. The van der Waals surface area contributed by atoms with Crippen molar-refractivity contribution < 1.29 is 9.47 Å². The SMILES string of the molecule is CCCCOc1ccc(OCCCC)c(-c2cccnc2)c1. The quantitative estimate of drug-likeness (QED) is 0.603. The highest BCUT2D eigenvalue weighted by Crippen LogP contribution is 2.33. The molecule has 3 nitrogen and oxygen atoms in total. The van der Waals surface area contributed by atoms with E-state index in [1.54, 1.807) is 6.20 Å². The van der Waals surface area contributed by atoms with Gasteiger partial charge in [-0.25, -0.2) is 0 Å². The van der Waals surface area contributed by atoms with Gasteiger partial charge in [0.15, 0.2) is 0 Å². The van der Waals surface area contributed by atoms with E-state index >= 15 is 0 Å². The minimum atomic E-state index is 0.736. The first-order chi connectivity index (χ1) is 10.8. The highest BCUT2D eigenvalue weighted by molar-refractivity contribution is 5.71. The van der Waals surface area contributed by atoms with Crippen LogP contribution in [0.5, 0.6) is 11.5 Å². The second-order valence-electron chi connectivity index (χ2n) is 5.30. The first kappa shape index (κ1) is 16.3. The molecule has 0 amide bonds. The van der Waals surface area contributed by atoms with Crippen LogP contribution in [-0.4, -0.2) is 18.2 Å². The predicted octanol–water partition coefficient (Wildman–Crippen LogP) is 5.11. The van der Waals surface area contributed by atoms with Gasteiger partial charge < -0.3 is 9.47 Å². The van der Waals surface area contributed by atoms with E-state index in [9.17, 15) is 0 Å². The van der Waals surface area contributed by atoms with Crippen LogP contribution in [0.2, 0.25) is 0 Å². The molecule has 0 atom stereocenters. The molecule has 22 heavy (non-hydrogen) atoms. The van der Waals surface area contributed by atoms with E-state index in [0.29, 0.717) is 0 Å². The molecule has 0 saturated carbocycles. The van der Waals surface area contributed by atoms with Gasteiger partial charge in [0.2, 0.25) is 0 Å². The summed E-state index contributed by atoms with van der Waals surface area (Å²) in [6.07, 6.45) is 8.02. The van der Waals surface area contributed by atoms with Crippen molar-refractivity contribution in [2.45, 2.75) is 39.5 Å². The van der Waals surface area contributed by atoms with Gasteiger partial charge in [-0.3, -0.25) is 4.98 Å². The average molecular weight is 299 g/mol. The summed E-state index contributed by atoms with van der Waals surface area (Å²) in [5, 5.41) is 0. The lowest BCUT2D eigenvalue weighted by atomic mass is 10.1. The molecule has 0 aliphatic heterocycles. The molecule has 2 aromatic rings. The first-order valence-electron chi connectivity index (χ1n) is 8.15. The van der Waals surface area contributed by atoms with E-state index < -0.39 is 0 Å². The van der Waals surface area contributed by atoms with Gasteiger partial charge in [0.05, 0.1) is 13.2 Å². The van der Waals surface area contributed by atoms with Gasteiger partial charge in [0.1, 0.15) is 11.5 Å². The minimum Gasteiger partial charge on any atom is -0.494 e. The van der Waals surface area contributed by atoms with Crippen LogP contribution in [-0.2, 0) is 0 Å². The van der Waals surface area contributed by atoms with Crippen molar-refractivity contribution in [3.05, 3.63) is 42.7 Å². The maximum Gasteiger partial charge on any atom is 0.127 e. The molecule has 0 radical (unpaired) electrons. The van der Waals surface area contributed by atoms with Crippen molar-refractivity contribution in [3.8, 4) is 22.6 Å². The summed E-state index contributed by atoms with van der Waals surface area (Å²) in [5.74, 6) is 1.78. The van der Waals surface area contributed by atoms with E-state index in [1.165, 1.54) is 0 Å². The number of benzene rings is 1. The summed E-state index contributed by atoms with van der Waals surface area (Å²) in [7, 11) is 0. The number of hydrogen-bond acceptors (Lipinski definition) is 3. The Morgan fingerprint density at radius 3 is 2.41 bits per heavy atom. The van der Waals surface area contributed by atoms with Crippen LogP contribution < -0.4 is 9.47 Å². The largest absolute Gasteiger partial charge is 0.494 e. The summed E-state index contributed by atoms with van der Waals surface area (Å²) in [5.41, 5.74) is 2.09. The molecule has 118 valence electrons. The fourth-order valence-corrected chi connectivity index (χ4v) is 2.13. The van der Waals surface area contributed by atoms with Crippen molar-refractivity contribution in [2.24, 2.45) is 0 Å². The lowest BCUT2D eigenvalue weighted by molar-refractivity contribution is 0.302. The highest BCUT2D eigenvalue weighted by Gasteiger charge is 2.09. The Hall–Kier alpha value is -2.03. The summed E-state index contributed by atoms with van der Waals surface area (Å²) in [4.78, 5) is 4.21. The smallest absolute Gasteiger partial charge is 0.127 e. The Morgan fingerprint density at radius 1 is 0.955 bits per heavy atom. The fraction of sp³-hybridized carbons (Fsp3) is 0.421. The standard InChI is InChI=1S/C19H25NO2/c1-3-5-12-21-17-9-10-19(22-13-6-4-2)18(14-17)16-8-7-11-20-15-16/h7-11,14-15H,3-6,12-13H2,1-2H3. The van der Waals surface area contributed by atoms with Crippen LogP contribution in [0.4, 0.5) is 0 Å². The third-order valence-electron chi connectivity index (χ3n) is 3.45. The van der Waals surface area contributed by atoms with Gasteiger partial charge in [0, 0.05) is 23.5 Å². The lowest BCUT2D eigenvalue weighted by Crippen LogP contribution is -2.00. The molecular formula is C19H25NO2. The number of ether oxygens (including phenoxy) is 2. The molecule has 3 heteroatoms. The zero-order valence-electron chi connectivity index (χ0n) is 13.5. The van der Waals surface area contributed by atoms with E-state index in [-0.39, 0.29) is 0 Å². The molecule has 0 spiro atoms. The fourth-order valence-electron chi connectivity index (χ4n) is 2.13. The zero-order valence-corrected chi connectivity index (χ0v) is 13.5. The molecule has 1 aromatic carbocycles. The molecule has 2 rings (SSSR count). The number of rotatable bonds is 9. The van der Waals surface area contributed by atoms with Gasteiger partial charge >= 0.3 is 0 Å². The molecular weight excluding hydrogens is 274 g/mol. The van der Waals surface area contributed by atoms with Crippen molar-refractivity contribution >= 4 is 0 Å². The molecule has 0 N–H and O–H groups in total. The number of pyridine rings is 1. The molecule has 1 aromatic heterocycles. The number of aromatic nitrogens is 1. The molecule has 0 unspecified atom stereocenters. The zero-order chi connectivity index (χ0) is 15.6. The Balaban J connectivity index is 2.21. The normalized spacial score (nSPS) is 10.5. The Kier molecular flexibility index (Phi) is 6.75. The number of hydrogen-bond donors (Lipinski definition) is 0. The summed E-state index contributed by atoms with van der Waals surface area (Å²) >= 11 is 0. The van der Waals surface area contributed by atoms with Crippen LogP contribution in [0.15, 0.2) is 42.7 Å². The molecule has 0 aliphatic carbocycles. The molecule has 1 heterocycles. The second kappa shape index (κ2) is 9.08. The van der Waals surface area contributed by atoms with Crippen molar-refractivity contribution in [1.29, 1.82) is 0 Å². The number of nitrogens with zero attached hydrogens (tertiary/aromatic N) is 1.